The molecule has 1 N–H and O–H groups in total. The number of carbonyl (C=O) groups excluding carboxylic acids is 2. The minimum atomic E-state index is -0.324. The molecule has 32 heavy (non-hydrogen) atoms. The molecule has 0 radical (unpaired) electrons. The molecule has 5 heteroatoms. The molecule has 2 heterocycles. The van der Waals surface area contributed by atoms with Crippen LogP contribution in [-0.2, 0) is 4.79 Å². The lowest BCUT2D eigenvalue weighted by Gasteiger charge is -2.33. The van der Waals surface area contributed by atoms with Gasteiger partial charge in [0.2, 0.25) is 5.91 Å². The summed E-state index contributed by atoms with van der Waals surface area (Å²) in [5, 5.41) is 3.20. The molecular weight excluding hydrogens is 398 g/mol. The van der Waals surface area contributed by atoms with Crippen molar-refractivity contribution in [3.05, 3.63) is 101 Å². The van der Waals surface area contributed by atoms with Gasteiger partial charge in [-0.1, -0.05) is 53.6 Å². The quantitative estimate of drug-likeness (QED) is 0.654. The molecule has 1 aliphatic rings. The summed E-state index contributed by atoms with van der Waals surface area (Å²) >= 11 is 0. The van der Waals surface area contributed by atoms with E-state index in [1.165, 1.54) is 0 Å². The van der Waals surface area contributed by atoms with Gasteiger partial charge in [-0.25, -0.2) is 0 Å². The lowest BCUT2D eigenvalue weighted by atomic mass is 9.94. The fourth-order valence-electron chi connectivity index (χ4n) is 4.44. The Bertz CT molecular complexity index is 1020. The summed E-state index contributed by atoms with van der Waals surface area (Å²) in [5.41, 5.74) is 4.62. The van der Waals surface area contributed by atoms with E-state index in [1.807, 2.05) is 79.4 Å². The van der Waals surface area contributed by atoms with E-state index in [2.05, 4.69) is 16.4 Å². The third-order valence-electron chi connectivity index (χ3n) is 5.95. The van der Waals surface area contributed by atoms with Crippen molar-refractivity contribution in [3.8, 4) is 0 Å². The van der Waals surface area contributed by atoms with E-state index in [4.69, 9.17) is 0 Å². The van der Waals surface area contributed by atoms with Gasteiger partial charge in [-0.05, 0) is 56.5 Å². The molecule has 2 aromatic carbocycles. The Morgan fingerprint density at radius 3 is 2.41 bits per heavy atom. The van der Waals surface area contributed by atoms with E-state index in [-0.39, 0.29) is 23.8 Å². The van der Waals surface area contributed by atoms with Crippen molar-refractivity contribution in [2.45, 2.75) is 32.7 Å². The number of nitrogens with zero attached hydrogens (tertiary/aromatic N) is 2. The zero-order chi connectivity index (χ0) is 22.5. The Morgan fingerprint density at radius 2 is 1.72 bits per heavy atom. The molecule has 0 aliphatic carbocycles. The van der Waals surface area contributed by atoms with E-state index in [0.29, 0.717) is 18.7 Å². The number of hydrogen-bond donors (Lipinski definition) is 1. The van der Waals surface area contributed by atoms with Crippen molar-refractivity contribution in [2.75, 3.05) is 13.1 Å². The summed E-state index contributed by atoms with van der Waals surface area (Å²) in [4.78, 5) is 32.7. The van der Waals surface area contributed by atoms with Crippen LogP contribution in [0, 0.1) is 19.8 Å². The first-order valence-corrected chi connectivity index (χ1v) is 11.1. The van der Waals surface area contributed by atoms with Gasteiger partial charge >= 0.3 is 0 Å². The first-order chi connectivity index (χ1) is 15.5. The molecule has 0 unspecified atom stereocenters. The molecule has 0 saturated carbocycles. The standard InChI is InChI=1S/C27H29N3O2/c1-19-15-20(2)17-23(16-19)27(32)30-14-8-11-22(18-30)26(31)29-25(21-9-4-3-5-10-21)24-12-6-7-13-28-24/h3-7,9-10,12-13,15-17,22,25H,8,11,14,18H2,1-2H3,(H,29,31)/t22-,25+/m0/s1. The Kier molecular flexibility index (Phi) is 6.64. The Hall–Kier alpha value is -3.47. The number of pyridine rings is 1. The van der Waals surface area contributed by atoms with Crippen LogP contribution < -0.4 is 5.32 Å². The maximum absolute atomic E-state index is 13.3. The van der Waals surface area contributed by atoms with Crippen LogP contribution in [0.25, 0.3) is 0 Å². The van der Waals surface area contributed by atoms with Gasteiger partial charge in [0.1, 0.15) is 0 Å². The highest BCUT2D eigenvalue weighted by atomic mass is 16.2. The normalized spacial score (nSPS) is 16.9. The van der Waals surface area contributed by atoms with Crippen molar-refractivity contribution >= 4 is 11.8 Å². The van der Waals surface area contributed by atoms with E-state index in [0.717, 1.165) is 35.2 Å². The van der Waals surface area contributed by atoms with Gasteiger partial charge in [-0.3, -0.25) is 14.6 Å². The van der Waals surface area contributed by atoms with E-state index < -0.39 is 0 Å². The number of rotatable bonds is 5. The number of nitrogens with one attached hydrogen (secondary N) is 1. The molecule has 1 saturated heterocycles. The van der Waals surface area contributed by atoms with E-state index in [9.17, 15) is 9.59 Å². The summed E-state index contributed by atoms with van der Waals surface area (Å²) in [6.07, 6.45) is 3.32. The van der Waals surface area contributed by atoms with Crippen LogP contribution in [0.2, 0.25) is 0 Å². The molecule has 1 fully saturated rings. The lowest BCUT2D eigenvalue weighted by Crippen LogP contribution is -2.46. The highest BCUT2D eigenvalue weighted by Crippen LogP contribution is 2.24. The molecule has 4 rings (SSSR count). The second-order valence-electron chi connectivity index (χ2n) is 8.57. The third-order valence-corrected chi connectivity index (χ3v) is 5.95. The number of carbonyl (C=O) groups is 2. The maximum atomic E-state index is 13.3. The summed E-state index contributed by atoms with van der Waals surface area (Å²) in [6.45, 7) is 5.11. The molecule has 1 aromatic heterocycles. The van der Waals surface area contributed by atoms with Crippen LogP contribution in [0.15, 0.2) is 72.9 Å². The zero-order valence-corrected chi connectivity index (χ0v) is 18.6. The smallest absolute Gasteiger partial charge is 0.253 e. The largest absolute Gasteiger partial charge is 0.343 e. The van der Waals surface area contributed by atoms with Crippen molar-refractivity contribution in [3.63, 3.8) is 0 Å². The van der Waals surface area contributed by atoms with Gasteiger partial charge < -0.3 is 10.2 Å². The third kappa shape index (κ3) is 5.05. The highest BCUT2D eigenvalue weighted by Gasteiger charge is 2.31. The molecule has 5 nitrogen and oxygen atoms in total. The molecular formula is C27H29N3O2. The SMILES string of the molecule is Cc1cc(C)cc(C(=O)N2CCC[C@H](C(=O)N[C@H](c3ccccc3)c3ccccn3)C2)c1. The van der Waals surface area contributed by atoms with Gasteiger partial charge in [-0.15, -0.1) is 0 Å². The number of benzene rings is 2. The minimum absolute atomic E-state index is 0.00126. The second kappa shape index (κ2) is 9.77. The maximum Gasteiger partial charge on any atom is 0.253 e. The molecule has 2 atom stereocenters. The van der Waals surface area contributed by atoms with Crippen LogP contribution >= 0.6 is 0 Å². The van der Waals surface area contributed by atoms with Gasteiger partial charge in [-0.2, -0.15) is 0 Å². The van der Waals surface area contributed by atoms with Crippen molar-refractivity contribution in [1.29, 1.82) is 0 Å². The summed E-state index contributed by atoms with van der Waals surface area (Å²) in [7, 11) is 0. The number of hydrogen-bond acceptors (Lipinski definition) is 3. The number of amides is 2. The topological polar surface area (TPSA) is 62.3 Å². The summed E-state index contributed by atoms with van der Waals surface area (Å²) in [5.74, 6) is -0.283. The van der Waals surface area contributed by atoms with Gasteiger partial charge in [0.05, 0.1) is 17.7 Å². The first-order valence-electron chi connectivity index (χ1n) is 11.1. The number of aromatic nitrogens is 1. The van der Waals surface area contributed by atoms with Crippen molar-refractivity contribution < 1.29 is 9.59 Å². The van der Waals surface area contributed by atoms with Crippen LogP contribution in [0.4, 0.5) is 0 Å². The Morgan fingerprint density at radius 1 is 1.00 bits per heavy atom. The second-order valence-corrected chi connectivity index (χ2v) is 8.57. The number of aryl methyl sites for hydroxylation is 2. The van der Waals surface area contributed by atoms with Crippen LogP contribution in [0.5, 0.6) is 0 Å². The van der Waals surface area contributed by atoms with Crippen molar-refractivity contribution in [2.24, 2.45) is 5.92 Å². The van der Waals surface area contributed by atoms with E-state index in [1.54, 1.807) is 6.20 Å². The minimum Gasteiger partial charge on any atom is -0.343 e. The predicted molar refractivity (Wildman–Crippen MR) is 125 cm³/mol. The monoisotopic (exact) mass is 427 g/mol. The average molecular weight is 428 g/mol. The summed E-state index contributed by atoms with van der Waals surface area (Å²) < 4.78 is 0. The fourth-order valence-corrected chi connectivity index (χ4v) is 4.44. The molecule has 3 aromatic rings. The Balaban J connectivity index is 1.50. The molecule has 1 aliphatic heterocycles. The van der Waals surface area contributed by atoms with Gasteiger partial charge in [0.15, 0.2) is 0 Å². The van der Waals surface area contributed by atoms with Crippen LogP contribution in [-0.4, -0.2) is 34.8 Å². The van der Waals surface area contributed by atoms with Crippen LogP contribution in [0.1, 0.15) is 51.6 Å². The molecule has 164 valence electrons. The first kappa shape index (κ1) is 21.8. The molecule has 0 spiro atoms. The number of likely N-dealkylation sites (tertiary alicyclic amines) is 1. The van der Waals surface area contributed by atoms with Gasteiger partial charge in [0.25, 0.3) is 5.91 Å². The Labute approximate surface area is 189 Å². The molecule has 0 bridgehead atoms. The predicted octanol–water partition coefficient (Wildman–Crippen LogP) is 4.46. The van der Waals surface area contributed by atoms with Crippen LogP contribution in [0.3, 0.4) is 0 Å². The lowest BCUT2D eigenvalue weighted by molar-refractivity contribution is -0.126. The summed E-state index contributed by atoms with van der Waals surface area (Å²) in [6, 6.07) is 21.2. The number of piperidine rings is 1. The average Bonchev–Trinajstić information content (AvgIpc) is 2.82. The van der Waals surface area contributed by atoms with Crippen molar-refractivity contribution in [1.82, 2.24) is 15.2 Å². The van der Waals surface area contributed by atoms with E-state index >= 15 is 0 Å². The molecule has 2 amide bonds. The fraction of sp³-hybridized carbons (Fsp3) is 0.296. The van der Waals surface area contributed by atoms with Gasteiger partial charge in [0, 0.05) is 24.8 Å². The zero-order valence-electron chi connectivity index (χ0n) is 18.6. The highest BCUT2D eigenvalue weighted by molar-refractivity contribution is 5.95.